The van der Waals surface area contributed by atoms with Crippen molar-refractivity contribution in [2.75, 3.05) is 25.2 Å². The first-order chi connectivity index (χ1) is 13.3. The number of β-amino-alcohol motifs (C(OH)–C–C–N with tert-alkyl or cyclic N) is 1. The van der Waals surface area contributed by atoms with Crippen LogP contribution in [0.3, 0.4) is 0 Å². The van der Waals surface area contributed by atoms with Crippen LogP contribution >= 0.6 is 11.8 Å². The summed E-state index contributed by atoms with van der Waals surface area (Å²) in [5.74, 6) is 0.715. The fourth-order valence-electron chi connectivity index (χ4n) is 2.99. The molecular formula is C17H21N3O7S. The first kappa shape index (κ1) is 20.4. The van der Waals surface area contributed by atoms with Gasteiger partial charge in [0.05, 0.1) is 25.9 Å². The molecule has 28 heavy (non-hydrogen) atoms. The van der Waals surface area contributed by atoms with Crippen LogP contribution in [0, 0.1) is 6.92 Å². The maximum absolute atomic E-state index is 12.3. The molecule has 11 heteroatoms. The largest absolute Gasteiger partial charge is 0.496 e. The SMILES string of the molecule is COc1cc2c(cc1C)Sc1c([nH]c(=O)[nH]c1=O)N2C[C@H](O)[C@H](O)[C@H](O)CO. The summed E-state index contributed by atoms with van der Waals surface area (Å²) in [6, 6.07) is 3.51. The number of aryl methyl sites for hydroxylation is 1. The van der Waals surface area contributed by atoms with Crippen molar-refractivity contribution in [3.63, 3.8) is 0 Å². The van der Waals surface area contributed by atoms with Crippen LogP contribution in [-0.4, -0.2) is 69.0 Å². The van der Waals surface area contributed by atoms with Crippen LogP contribution in [0.1, 0.15) is 5.56 Å². The van der Waals surface area contributed by atoms with Crippen LogP contribution < -0.4 is 20.9 Å². The van der Waals surface area contributed by atoms with Crippen LogP contribution in [0.15, 0.2) is 31.5 Å². The molecule has 0 fully saturated rings. The van der Waals surface area contributed by atoms with Crippen molar-refractivity contribution < 1.29 is 25.2 Å². The monoisotopic (exact) mass is 411 g/mol. The molecule has 0 saturated carbocycles. The zero-order chi connectivity index (χ0) is 20.6. The Balaban J connectivity index is 2.12. The van der Waals surface area contributed by atoms with Crippen LogP contribution in [-0.2, 0) is 0 Å². The molecule has 0 spiro atoms. The smallest absolute Gasteiger partial charge is 0.327 e. The minimum absolute atomic E-state index is 0.155. The van der Waals surface area contributed by atoms with E-state index in [1.807, 2.05) is 13.0 Å². The van der Waals surface area contributed by atoms with Gasteiger partial charge in [-0.05, 0) is 18.6 Å². The highest BCUT2D eigenvalue weighted by Gasteiger charge is 2.32. The summed E-state index contributed by atoms with van der Waals surface area (Å²) in [5.41, 5.74) is 0.0702. The lowest BCUT2D eigenvalue weighted by Crippen LogP contribution is -2.46. The predicted octanol–water partition coefficient (Wildman–Crippen LogP) is -0.942. The number of rotatable bonds is 6. The van der Waals surface area contributed by atoms with Gasteiger partial charge in [-0.2, -0.15) is 0 Å². The van der Waals surface area contributed by atoms with Crippen molar-refractivity contribution in [1.29, 1.82) is 0 Å². The van der Waals surface area contributed by atoms with Gasteiger partial charge in [0.15, 0.2) is 0 Å². The number of hydrogen-bond donors (Lipinski definition) is 6. The molecule has 2 heterocycles. The van der Waals surface area contributed by atoms with E-state index in [2.05, 4.69) is 9.97 Å². The second-order valence-corrected chi connectivity index (χ2v) is 7.45. The number of aromatic nitrogens is 2. The minimum atomic E-state index is -1.63. The topological polar surface area (TPSA) is 159 Å². The zero-order valence-electron chi connectivity index (χ0n) is 15.2. The van der Waals surface area contributed by atoms with Gasteiger partial charge in [-0.1, -0.05) is 11.8 Å². The van der Waals surface area contributed by atoms with Gasteiger partial charge in [-0.25, -0.2) is 4.79 Å². The molecule has 0 bridgehead atoms. The Labute approximate surface area is 163 Å². The number of nitrogens with zero attached hydrogens (tertiary/aromatic N) is 1. The fourth-order valence-corrected chi connectivity index (χ4v) is 4.12. The van der Waals surface area contributed by atoms with Crippen molar-refractivity contribution in [3.05, 3.63) is 38.5 Å². The molecule has 1 aromatic carbocycles. The van der Waals surface area contributed by atoms with Gasteiger partial charge in [-0.3, -0.25) is 14.8 Å². The molecule has 0 radical (unpaired) electrons. The Morgan fingerprint density at radius 3 is 2.54 bits per heavy atom. The average molecular weight is 411 g/mol. The number of aliphatic hydroxyl groups excluding tert-OH is 4. The third kappa shape index (κ3) is 3.66. The third-order valence-electron chi connectivity index (χ3n) is 4.47. The maximum Gasteiger partial charge on any atom is 0.327 e. The third-order valence-corrected chi connectivity index (χ3v) is 5.60. The first-order valence-electron chi connectivity index (χ1n) is 8.42. The molecule has 0 unspecified atom stereocenters. The van der Waals surface area contributed by atoms with Gasteiger partial charge < -0.3 is 30.1 Å². The molecule has 3 rings (SSSR count). The average Bonchev–Trinajstić information content (AvgIpc) is 2.66. The van der Waals surface area contributed by atoms with Crippen LogP contribution in [0.4, 0.5) is 11.5 Å². The van der Waals surface area contributed by atoms with E-state index < -0.39 is 36.2 Å². The summed E-state index contributed by atoms with van der Waals surface area (Å²) in [6.07, 6.45) is -4.66. The summed E-state index contributed by atoms with van der Waals surface area (Å²) in [5, 5.41) is 39.0. The molecule has 152 valence electrons. The van der Waals surface area contributed by atoms with E-state index in [4.69, 9.17) is 9.84 Å². The molecule has 10 nitrogen and oxygen atoms in total. The lowest BCUT2D eigenvalue weighted by atomic mass is 10.1. The van der Waals surface area contributed by atoms with Gasteiger partial charge in [0.1, 0.15) is 34.8 Å². The molecule has 1 aliphatic heterocycles. The number of benzene rings is 1. The fraction of sp³-hybridized carbons (Fsp3) is 0.412. The number of fused-ring (bicyclic) bond motifs is 2. The summed E-state index contributed by atoms with van der Waals surface area (Å²) >= 11 is 1.16. The van der Waals surface area contributed by atoms with E-state index in [9.17, 15) is 24.9 Å². The lowest BCUT2D eigenvalue weighted by molar-refractivity contribution is -0.0727. The molecule has 1 aromatic heterocycles. The quantitative estimate of drug-likeness (QED) is 0.353. The van der Waals surface area contributed by atoms with E-state index in [0.29, 0.717) is 16.3 Å². The number of H-pyrrole nitrogens is 2. The van der Waals surface area contributed by atoms with Gasteiger partial charge in [-0.15, -0.1) is 0 Å². The number of nitrogens with one attached hydrogen (secondary N) is 2. The Hall–Kier alpha value is -2.31. The van der Waals surface area contributed by atoms with E-state index in [1.54, 1.807) is 6.07 Å². The predicted molar refractivity (Wildman–Crippen MR) is 102 cm³/mol. The highest BCUT2D eigenvalue weighted by molar-refractivity contribution is 7.99. The molecule has 2 aromatic rings. The zero-order valence-corrected chi connectivity index (χ0v) is 16.0. The number of aliphatic hydroxyl groups is 4. The summed E-state index contributed by atoms with van der Waals surface area (Å²) in [7, 11) is 1.51. The number of ether oxygens (including phenoxy) is 1. The molecule has 0 aliphatic carbocycles. The maximum atomic E-state index is 12.3. The van der Waals surface area contributed by atoms with Gasteiger partial charge in [0.2, 0.25) is 0 Å². The Kier molecular flexibility index (Phi) is 5.82. The van der Waals surface area contributed by atoms with Gasteiger partial charge in [0.25, 0.3) is 5.56 Å². The second kappa shape index (κ2) is 7.97. The number of anilines is 2. The van der Waals surface area contributed by atoms with E-state index in [0.717, 1.165) is 17.3 Å². The highest BCUT2D eigenvalue weighted by Crippen LogP contribution is 2.47. The standard InChI is InChI=1S/C17H21N3O7S/c1-7-3-12-8(4-11(7)27-2)20(5-9(22)13(24)10(23)6-21)15-14(28-12)16(25)19-17(26)18-15/h3-4,9-10,13,21-24H,5-6H2,1-2H3,(H2,18,19,25,26)/t9-,10+,13-/m0/s1. The van der Waals surface area contributed by atoms with E-state index in [1.165, 1.54) is 12.0 Å². The molecule has 0 amide bonds. The van der Waals surface area contributed by atoms with Crippen molar-refractivity contribution in [3.8, 4) is 5.75 Å². The first-order valence-corrected chi connectivity index (χ1v) is 9.24. The van der Waals surface area contributed by atoms with Crippen molar-refractivity contribution in [2.24, 2.45) is 0 Å². The minimum Gasteiger partial charge on any atom is -0.496 e. The molecule has 6 N–H and O–H groups in total. The second-order valence-electron chi connectivity index (χ2n) is 6.40. The Bertz CT molecular complexity index is 990. The number of aromatic amines is 2. The van der Waals surface area contributed by atoms with E-state index in [-0.39, 0.29) is 17.3 Å². The highest BCUT2D eigenvalue weighted by atomic mass is 32.2. The molecule has 0 saturated heterocycles. The number of methoxy groups -OCH3 is 1. The summed E-state index contributed by atoms with van der Waals surface area (Å²) in [4.78, 5) is 31.2. The van der Waals surface area contributed by atoms with Crippen molar-refractivity contribution >= 4 is 23.3 Å². The molecule has 1 aliphatic rings. The lowest BCUT2D eigenvalue weighted by Gasteiger charge is -2.34. The van der Waals surface area contributed by atoms with Gasteiger partial charge >= 0.3 is 5.69 Å². The Morgan fingerprint density at radius 2 is 1.89 bits per heavy atom. The van der Waals surface area contributed by atoms with Crippen molar-refractivity contribution in [1.82, 2.24) is 9.97 Å². The normalized spacial score (nSPS) is 16.1. The molecule has 3 atom stereocenters. The van der Waals surface area contributed by atoms with Crippen molar-refractivity contribution in [2.45, 2.75) is 35.0 Å². The van der Waals surface area contributed by atoms with Crippen LogP contribution in [0.5, 0.6) is 5.75 Å². The van der Waals surface area contributed by atoms with Gasteiger partial charge in [0, 0.05) is 11.0 Å². The summed E-state index contributed by atoms with van der Waals surface area (Å²) < 4.78 is 5.34. The van der Waals surface area contributed by atoms with E-state index >= 15 is 0 Å². The number of hydrogen-bond acceptors (Lipinski definition) is 9. The summed E-state index contributed by atoms with van der Waals surface area (Å²) in [6.45, 7) is 0.849. The van der Waals surface area contributed by atoms with Crippen LogP contribution in [0.25, 0.3) is 0 Å². The van der Waals surface area contributed by atoms with Crippen LogP contribution in [0.2, 0.25) is 0 Å². The Morgan fingerprint density at radius 1 is 1.18 bits per heavy atom. The molecular weight excluding hydrogens is 390 g/mol.